The van der Waals surface area contributed by atoms with Gasteiger partial charge in [-0.3, -0.25) is 9.78 Å². The highest BCUT2D eigenvalue weighted by Gasteiger charge is 2.30. The number of pyridine rings is 1. The van der Waals surface area contributed by atoms with Gasteiger partial charge in [0.2, 0.25) is 0 Å². The topological polar surface area (TPSA) is 64.5 Å². The normalized spacial score (nSPS) is 15.9. The van der Waals surface area contributed by atoms with Crippen molar-refractivity contribution in [3.05, 3.63) is 53.7 Å². The van der Waals surface area contributed by atoms with Crippen molar-refractivity contribution in [1.82, 2.24) is 9.97 Å². The van der Waals surface area contributed by atoms with Crippen molar-refractivity contribution in [2.75, 3.05) is 18.6 Å². The molecule has 7 heteroatoms. The molecule has 0 spiro atoms. The molecule has 1 aliphatic rings. The molecule has 0 aliphatic carbocycles. The Balaban J connectivity index is 1.68. The lowest BCUT2D eigenvalue weighted by Gasteiger charge is -2.33. The van der Waals surface area contributed by atoms with Gasteiger partial charge in [0.05, 0.1) is 31.2 Å². The summed E-state index contributed by atoms with van der Waals surface area (Å²) in [6.07, 6.45) is 3.23. The zero-order chi connectivity index (χ0) is 18.1. The predicted octanol–water partition coefficient (Wildman–Crippen LogP) is 3.64. The molecular formula is C19H17N3O3S. The fourth-order valence-electron chi connectivity index (χ4n) is 2.85. The summed E-state index contributed by atoms with van der Waals surface area (Å²) in [7, 11) is 1.60. The Labute approximate surface area is 155 Å². The number of carbonyl (C=O) groups is 1. The highest BCUT2D eigenvalue weighted by atomic mass is 32.1. The summed E-state index contributed by atoms with van der Waals surface area (Å²) < 4.78 is 11.1. The number of hydrogen-bond acceptors (Lipinski definition) is 6. The highest BCUT2D eigenvalue weighted by molar-refractivity contribution is 7.17. The second-order valence-corrected chi connectivity index (χ2v) is 6.95. The number of anilines is 1. The number of methoxy groups -OCH3 is 1. The Hall–Kier alpha value is -2.93. The van der Waals surface area contributed by atoms with Crippen LogP contribution < -0.4 is 14.4 Å². The van der Waals surface area contributed by atoms with Crippen LogP contribution in [0.5, 0.6) is 11.5 Å². The molecule has 1 aromatic carbocycles. The minimum Gasteiger partial charge on any atom is -0.497 e. The third-order valence-electron chi connectivity index (χ3n) is 4.07. The van der Waals surface area contributed by atoms with Crippen LogP contribution in [0, 0.1) is 0 Å². The molecule has 0 saturated carbocycles. The molecule has 26 heavy (non-hydrogen) atoms. The quantitative estimate of drug-likeness (QED) is 0.707. The molecule has 3 aromatic rings. The summed E-state index contributed by atoms with van der Waals surface area (Å²) in [6.45, 7) is 2.41. The maximum Gasteiger partial charge on any atom is 0.270 e. The number of thiazole rings is 1. The van der Waals surface area contributed by atoms with Gasteiger partial charge in [0.15, 0.2) is 0 Å². The lowest BCUT2D eigenvalue weighted by molar-refractivity contribution is 0.0964. The number of aromatic nitrogens is 2. The number of rotatable bonds is 3. The standard InChI is InChI=1S/C19H17N3O3S/c1-12-11-22(15-9-13(24-2)6-7-16(15)25-12)19(23)17-10-21-18(26-17)14-5-3-4-8-20-14/h3-10,12H,11H2,1-2H3/t12-/m0/s1. The first-order chi connectivity index (χ1) is 12.7. The molecule has 0 saturated heterocycles. The summed E-state index contributed by atoms with van der Waals surface area (Å²) in [5, 5.41) is 0.723. The molecule has 3 heterocycles. The van der Waals surface area contributed by atoms with E-state index < -0.39 is 0 Å². The van der Waals surface area contributed by atoms with Crippen LogP contribution in [0.4, 0.5) is 5.69 Å². The van der Waals surface area contributed by atoms with E-state index in [-0.39, 0.29) is 12.0 Å². The Morgan fingerprint density at radius 3 is 2.96 bits per heavy atom. The van der Waals surface area contributed by atoms with Gasteiger partial charge in [0.1, 0.15) is 27.5 Å². The Bertz CT molecular complexity index is 942. The lowest BCUT2D eigenvalue weighted by Crippen LogP contribution is -2.42. The van der Waals surface area contributed by atoms with Gasteiger partial charge in [-0.15, -0.1) is 11.3 Å². The molecule has 1 amide bonds. The van der Waals surface area contributed by atoms with Crippen molar-refractivity contribution in [3.63, 3.8) is 0 Å². The lowest BCUT2D eigenvalue weighted by atomic mass is 10.2. The summed E-state index contributed by atoms with van der Waals surface area (Å²) in [5.41, 5.74) is 1.47. The summed E-state index contributed by atoms with van der Waals surface area (Å²) in [5.74, 6) is 1.25. The third-order valence-corrected chi connectivity index (χ3v) is 5.08. The largest absolute Gasteiger partial charge is 0.497 e. The molecule has 2 aromatic heterocycles. The van der Waals surface area contributed by atoms with E-state index in [9.17, 15) is 4.79 Å². The second kappa shape index (κ2) is 6.76. The maximum absolute atomic E-state index is 13.1. The van der Waals surface area contributed by atoms with E-state index in [0.717, 1.165) is 10.7 Å². The average Bonchev–Trinajstić information content (AvgIpc) is 3.17. The van der Waals surface area contributed by atoms with Crippen LogP contribution in [0.15, 0.2) is 48.8 Å². The average molecular weight is 367 g/mol. The Morgan fingerprint density at radius 2 is 2.19 bits per heavy atom. The van der Waals surface area contributed by atoms with E-state index in [4.69, 9.17) is 9.47 Å². The van der Waals surface area contributed by atoms with E-state index in [1.165, 1.54) is 11.3 Å². The fraction of sp³-hybridized carbons (Fsp3) is 0.211. The van der Waals surface area contributed by atoms with Gasteiger partial charge < -0.3 is 14.4 Å². The molecule has 132 valence electrons. The van der Waals surface area contributed by atoms with Crippen molar-refractivity contribution in [3.8, 4) is 22.2 Å². The monoisotopic (exact) mass is 367 g/mol. The predicted molar refractivity (Wildman–Crippen MR) is 100 cm³/mol. The first kappa shape index (κ1) is 16.5. The molecule has 4 rings (SSSR count). The van der Waals surface area contributed by atoms with Gasteiger partial charge in [0.25, 0.3) is 5.91 Å². The second-order valence-electron chi connectivity index (χ2n) is 5.92. The van der Waals surface area contributed by atoms with Crippen molar-refractivity contribution in [1.29, 1.82) is 0 Å². The number of benzene rings is 1. The number of hydrogen-bond donors (Lipinski definition) is 0. The van der Waals surface area contributed by atoms with Gasteiger partial charge in [0, 0.05) is 12.3 Å². The van der Waals surface area contributed by atoms with Crippen molar-refractivity contribution < 1.29 is 14.3 Å². The molecular weight excluding hydrogens is 350 g/mol. The highest BCUT2D eigenvalue weighted by Crippen LogP contribution is 2.38. The Morgan fingerprint density at radius 1 is 1.31 bits per heavy atom. The van der Waals surface area contributed by atoms with E-state index in [1.54, 1.807) is 24.4 Å². The van der Waals surface area contributed by atoms with Crippen molar-refractivity contribution >= 4 is 22.9 Å². The van der Waals surface area contributed by atoms with Crippen molar-refractivity contribution in [2.45, 2.75) is 13.0 Å². The van der Waals surface area contributed by atoms with Gasteiger partial charge in [-0.2, -0.15) is 0 Å². The Kier molecular flexibility index (Phi) is 4.30. The first-order valence-electron chi connectivity index (χ1n) is 8.19. The third kappa shape index (κ3) is 3.01. The summed E-state index contributed by atoms with van der Waals surface area (Å²) >= 11 is 1.34. The maximum atomic E-state index is 13.1. The van der Waals surface area contributed by atoms with Crippen LogP contribution in [-0.4, -0.2) is 35.6 Å². The SMILES string of the molecule is COc1ccc2c(c1)N(C(=O)c1cnc(-c3ccccn3)s1)C[C@H](C)O2. The minimum atomic E-state index is -0.102. The molecule has 0 fully saturated rings. The van der Waals surface area contributed by atoms with E-state index in [2.05, 4.69) is 9.97 Å². The van der Waals surface area contributed by atoms with E-state index >= 15 is 0 Å². The van der Waals surface area contributed by atoms with Gasteiger partial charge in [-0.25, -0.2) is 4.98 Å². The zero-order valence-electron chi connectivity index (χ0n) is 14.4. The number of nitrogens with zero attached hydrogens (tertiary/aromatic N) is 3. The van der Waals surface area contributed by atoms with Crippen LogP contribution in [0.25, 0.3) is 10.7 Å². The number of ether oxygens (including phenoxy) is 2. The number of carbonyl (C=O) groups excluding carboxylic acids is 1. The van der Waals surface area contributed by atoms with E-state index in [1.807, 2.05) is 43.3 Å². The molecule has 1 aliphatic heterocycles. The summed E-state index contributed by atoms with van der Waals surface area (Å²) in [4.78, 5) is 24.1. The van der Waals surface area contributed by atoms with Gasteiger partial charge in [-0.1, -0.05) is 6.07 Å². The summed E-state index contributed by atoms with van der Waals surface area (Å²) in [6, 6.07) is 11.1. The smallest absolute Gasteiger partial charge is 0.270 e. The number of amides is 1. The van der Waals surface area contributed by atoms with Crippen LogP contribution in [0.1, 0.15) is 16.6 Å². The van der Waals surface area contributed by atoms with Crippen molar-refractivity contribution in [2.24, 2.45) is 0 Å². The van der Waals surface area contributed by atoms with Crippen LogP contribution in [0.3, 0.4) is 0 Å². The fourth-order valence-corrected chi connectivity index (χ4v) is 3.69. The molecule has 0 unspecified atom stereocenters. The molecule has 0 N–H and O–H groups in total. The first-order valence-corrected chi connectivity index (χ1v) is 9.01. The van der Waals surface area contributed by atoms with Crippen LogP contribution in [-0.2, 0) is 0 Å². The van der Waals surface area contributed by atoms with Crippen LogP contribution in [0.2, 0.25) is 0 Å². The van der Waals surface area contributed by atoms with Crippen LogP contribution >= 0.6 is 11.3 Å². The molecule has 0 bridgehead atoms. The van der Waals surface area contributed by atoms with E-state index in [0.29, 0.717) is 28.6 Å². The molecule has 1 atom stereocenters. The van der Waals surface area contributed by atoms with Gasteiger partial charge >= 0.3 is 0 Å². The molecule has 6 nitrogen and oxygen atoms in total. The van der Waals surface area contributed by atoms with Gasteiger partial charge in [-0.05, 0) is 31.2 Å². The minimum absolute atomic E-state index is 0.0944. The number of fused-ring (bicyclic) bond motifs is 1. The zero-order valence-corrected chi connectivity index (χ0v) is 15.2. The molecule has 0 radical (unpaired) electrons.